The first-order valence-electron chi connectivity index (χ1n) is 5.99. The van der Waals surface area contributed by atoms with Gasteiger partial charge in [-0.3, -0.25) is 9.59 Å². The Balaban J connectivity index is 2.25. The molecule has 1 unspecified atom stereocenters. The van der Waals surface area contributed by atoms with E-state index >= 15 is 0 Å². The molecule has 100 valence electrons. The molecule has 1 heterocycles. The van der Waals surface area contributed by atoms with E-state index in [9.17, 15) is 9.59 Å². The number of H-pyrrole nitrogens is 1. The zero-order valence-corrected chi connectivity index (χ0v) is 12.0. The maximum absolute atomic E-state index is 12.2. The zero-order chi connectivity index (χ0) is 14.0. The van der Waals surface area contributed by atoms with Crippen molar-refractivity contribution in [2.45, 2.75) is 19.8 Å². The summed E-state index contributed by atoms with van der Waals surface area (Å²) in [4.78, 5) is 25.9. The minimum absolute atomic E-state index is 0.00919. The van der Waals surface area contributed by atoms with Gasteiger partial charge in [-0.15, -0.1) is 0 Å². The molecule has 2 rings (SSSR count). The summed E-state index contributed by atoms with van der Waals surface area (Å²) in [7, 11) is 0. The zero-order valence-electron chi connectivity index (χ0n) is 10.4. The van der Waals surface area contributed by atoms with Gasteiger partial charge >= 0.3 is 5.97 Å². The summed E-state index contributed by atoms with van der Waals surface area (Å²) in [5.74, 6) is -1.08. The molecule has 0 amide bonds. The van der Waals surface area contributed by atoms with Crippen LogP contribution in [0.2, 0.25) is 0 Å². The molecule has 0 saturated carbocycles. The van der Waals surface area contributed by atoms with Crippen molar-refractivity contribution in [1.29, 1.82) is 0 Å². The summed E-state index contributed by atoms with van der Waals surface area (Å²) in [5, 5.41) is 9.57. The maximum Gasteiger partial charge on any atom is 0.303 e. The van der Waals surface area contributed by atoms with Crippen LogP contribution in [0.15, 0.2) is 28.9 Å². The van der Waals surface area contributed by atoms with E-state index in [-0.39, 0.29) is 24.5 Å². The summed E-state index contributed by atoms with van der Waals surface area (Å²) in [6.45, 7) is 1.77. The number of Topliss-reactive ketones (excluding diaryl/α,β-unsaturated/α-hetero) is 1. The summed E-state index contributed by atoms with van der Waals surface area (Å²) in [6, 6.07) is 5.68. The Hall–Kier alpha value is -1.62. The number of carbonyl (C=O) groups excluding carboxylic acids is 1. The monoisotopic (exact) mass is 323 g/mol. The lowest BCUT2D eigenvalue weighted by atomic mass is 9.97. The standard InChI is InChI=1S/C14H14BrNO3/c1-8(6-13(18)19)5-12(17)9-7-16-11-4-2-3-10(15)14(9)11/h2-4,7-8,16H,5-6H2,1H3,(H,18,19). The molecule has 19 heavy (non-hydrogen) atoms. The van der Waals surface area contributed by atoms with Crippen molar-refractivity contribution in [3.8, 4) is 0 Å². The van der Waals surface area contributed by atoms with E-state index < -0.39 is 5.97 Å². The lowest BCUT2D eigenvalue weighted by Gasteiger charge is -2.07. The van der Waals surface area contributed by atoms with E-state index in [0.29, 0.717) is 5.56 Å². The highest BCUT2D eigenvalue weighted by atomic mass is 79.9. The molecule has 0 aliphatic carbocycles. The van der Waals surface area contributed by atoms with Gasteiger partial charge in [0.2, 0.25) is 0 Å². The number of aliphatic carboxylic acids is 1. The highest BCUT2D eigenvalue weighted by Crippen LogP contribution is 2.28. The first-order valence-corrected chi connectivity index (χ1v) is 6.79. The smallest absolute Gasteiger partial charge is 0.303 e. The number of hydrogen-bond acceptors (Lipinski definition) is 2. The number of ketones is 1. The van der Waals surface area contributed by atoms with E-state index in [4.69, 9.17) is 5.11 Å². The van der Waals surface area contributed by atoms with E-state index in [2.05, 4.69) is 20.9 Å². The Morgan fingerprint density at radius 3 is 2.79 bits per heavy atom. The fraction of sp³-hybridized carbons (Fsp3) is 0.286. The Bertz CT molecular complexity index is 633. The number of carboxylic acid groups (broad SMARTS) is 1. The summed E-state index contributed by atoms with van der Waals surface area (Å²) in [5.41, 5.74) is 1.50. The van der Waals surface area contributed by atoms with Gasteiger partial charge in [0.15, 0.2) is 5.78 Å². The third-order valence-corrected chi connectivity index (χ3v) is 3.67. The van der Waals surface area contributed by atoms with Gasteiger partial charge in [0.05, 0.1) is 0 Å². The Morgan fingerprint density at radius 1 is 1.37 bits per heavy atom. The van der Waals surface area contributed by atoms with Crippen LogP contribution in [-0.2, 0) is 4.79 Å². The molecule has 5 heteroatoms. The molecule has 0 spiro atoms. The normalized spacial score (nSPS) is 12.5. The predicted octanol–water partition coefficient (Wildman–Crippen LogP) is 3.61. The van der Waals surface area contributed by atoms with Gasteiger partial charge < -0.3 is 10.1 Å². The van der Waals surface area contributed by atoms with Crippen molar-refractivity contribution in [1.82, 2.24) is 4.98 Å². The van der Waals surface area contributed by atoms with Crippen LogP contribution in [0.3, 0.4) is 0 Å². The lowest BCUT2D eigenvalue weighted by Crippen LogP contribution is -2.10. The van der Waals surface area contributed by atoms with Crippen LogP contribution in [0.1, 0.15) is 30.1 Å². The fourth-order valence-electron chi connectivity index (χ4n) is 2.16. The van der Waals surface area contributed by atoms with Crippen molar-refractivity contribution in [3.63, 3.8) is 0 Å². The van der Waals surface area contributed by atoms with Gasteiger partial charge in [-0.05, 0) is 18.1 Å². The predicted molar refractivity (Wildman–Crippen MR) is 76.4 cm³/mol. The molecule has 0 aliphatic heterocycles. The van der Waals surface area contributed by atoms with Crippen molar-refractivity contribution >= 4 is 38.6 Å². The maximum atomic E-state index is 12.2. The van der Waals surface area contributed by atoms with Gasteiger partial charge in [-0.25, -0.2) is 0 Å². The number of hydrogen-bond donors (Lipinski definition) is 2. The van der Waals surface area contributed by atoms with Crippen molar-refractivity contribution in [3.05, 3.63) is 34.4 Å². The van der Waals surface area contributed by atoms with E-state index in [1.54, 1.807) is 13.1 Å². The SMILES string of the molecule is CC(CC(=O)O)CC(=O)c1c[nH]c2cccc(Br)c12. The van der Waals surface area contributed by atoms with Crippen molar-refractivity contribution < 1.29 is 14.7 Å². The number of rotatable bonds is 5. The highest BCUT2D eigenvalue weighted by molar-refractivity contribution is 9.10. The third-order valence-electron chi connectivity index (χ3n) is 3.01. The van der Waals surface area contributed by atoms with Crippen molar-refractivity contribution in [2.75, 3.05) is 0 Å². The van der Waals surface area contributed by atoms with Gasteiger partial charge in [0.25, 0.3) is 0 Å². The van der Waals surface area contributed by atoms with Gasteiger partial charge in [0.1, 0.15) is 0 Å². The molecule has 4 nitrogen and oxygen atoms in total. The van der Waals surface area contributed by atoms with Gasteiger partial charge in [-0.1, -0.05) is 28.9 Å². The number of nitrogens with one attached hydrogen (secondary N) is 1. The number of aromatic nitrogens is 1. The van der Waals surface area contributed by atoms with E-state index in [1.807, 2.05) is 18.2 Å². The van der Waals surface area contributed by atoms with E-state index in [0.717, 1.165) is 15.4 Å². The second-order valence-corrected chi connectivity index (χ2v) is 5.55. The summed E-state index contributed by atoms with van der Waals surface area (Å²) >= 11 is 3.44. The molecule has 2 N–H and O–H groups in total. The van der Waals surface area contributed by atoms with Gasteiger partial charge in [0, 0.05) is 40.0 Å². The third kappa shape index (κ3) is 3.04. The second-order valence-electron chi connectivity index (χ2n) is 4.70. The number of benzene rings is 1. The molecule has 1 aromatic heterocycles. The summed E-state index contributed by atoms with van der Waals surface area (Å²) < 4.78 is 0.862. The first kappa shape index (κ1) is 13.8. The minimum Gasteiger partial charge on any atom is -0.481 e. The first-order chi connectivity index (χ1) is 8.99. The molecule has 0 fully saturated rings. The van der Waals surface area contributed by atoms with Crippen LogP contribution in [0.25, 0.3) is 10.9 Å². The Morgan fingerprint density at radius 2 is 2.11 bits per heavy atom. The second kappa shape index (κ2) is 5.57. The number of halogens is 1. The number of fused-ring (bicyclic) bond motifs is 1. The number of carboxylic acids is 1. The molecule has 1 atom stereocenters. The Kier molecular flexibility index (Phi) is 4.04. The molecule has 0 saturated heterocycles. The van der Waals surface area contributed by atoms with Crippen LogP contribution in [0.4, 0.5) is 0 Å². The molecule has 0 aliphatic rings. The molecule has 1 aromatic carbocycles. The molecule has 0 radical (unpaired) electrons. The van der Waals surface area contributed by atoms with Crippen molar-refractivity contribution in [2.24, 2.45) is 5.92 Å². The van der Waals surface area contributed by atoms with Gasteiger partial charge in [-0.2, -0.15) is 0 Å². The minimum atomic E-state index is -0.875. The van der Waals surface area contributed by atoms with Crippen LogP contribution >= 0.6 is 15.9 Å². The van der Waals surface area contributed by atoms with Crippen LogP contribution in [-0.4, -0.2) is 21.8 Å². The van der Waals surface area contributed by atoms with Crippen LogP contribution < -0.4 is 0 Å². The quantitative estimate of drug-likeness (QED) is 0.825. The van der Waals surface area contributed by atoms with Crippen LogP contribution in [0.5, 0.6) is 0 Å². The Labute approximate surface area is 118 Å². The largest absolute Gasteiger partial charge is 0.481 e. The van der Waals surface area contributed by atoms with E-state index in [1.165, 1.54) is 0 Å². The average Bonchev–Trinajstić information content (AvgIpc) is 2.72. The molecule has 2 aromatic rings. The van der Waals surface area contributed by atoms with Crippen LogP contribution in [0, 0.1) is 5.92 Å². The lowest BCUT2D eigenvalue weighted by molar-refractivity contribution is -0.137. The highest BCUT2D eigenvalue weighted by Gasteiger charge is 2.18. The molecule has 0 bridgehead atoms. The topological polar surface area (TPSA) is 70.2 Å². The summed E-state index contributed by atoms with van der Waals surface area (Å²) in [6.07, 6.45) is 1.93. The molecular weight excluding hydrogens is 310 g/mol. The average molecular weight is 324 g/mol. The number of aromatic amines is 1. The molecular formula is C14H14BrNO3. The fourth-order valence-corrected chi connectivity index (χ4v) is 2.74. The number of carbonyl (C=O) groups is 2.